The van der Waals surface area contributed by atoms with E-state index in [1.54, 1.807) is 0 Å². The Bertz CT molecular complexity index is 582. The number of hydrogen-bond donors (Lipinski definition) is 3. The molecule has 3 N–H and O–H groups in total. The first-order valence-electron chi connectivity index (χ1n) is 7.70. The molecule has 2 unspecified atom stereocenters. The summed E-state index contributed by atoms with van der Waals surface area (Å²) in [5, 5.41) is 8.56. The lowest BCUT2D eigenvalue weighted by atomic mass is 10.0. The van der Waals surface area contributed by atoms with Crippen molar-refractivity contribution >= 4 is 17.6 Å². The Morgan fingerprint density at radius 3 is 3.14 bits per heavy atom. The van der Waals surface area contributed by atoms with Gasteiger partial charge in [0, 0.05) is 18.8 Å². The van der Waals surface area contributed by atoms with Gasteiger partial charge in [-0.2, -0.15) is 0 Å². The van der Waals surface area contributed by atoms with E-state index in [0.29, 0.717) is 13.0 Å². The van der Waals surface area contributed by atoms with Crippen molar-refractivity contribution in [2.45, 2.75) is 38.3 Å². The Hall–Kier alpha value is -2.08. The molecule has 2 atom stereocenters. The highest BCUT2D eigenvalue weighted by molar-refractivity contribution is 5.99. The maximum atomic E-state index is 11.9. The van der Waals surface area contributed by atoms with Gasteiger partial charge in [-0.15, -0.1) is 0 Å². The molecule has 2 aliphatic heterocycles. The lowest BCUT2D eigenvalue weighted by molar-refractivity contribution is -0.115. The number of hydrogen-bond acceptors (Lipinski definition) is 3. The van der Waals surface area contributed by atoms with Gasteiger partial charge in [0.25, 0.3) is 0 Å². The predicted octanol–water partition coefficient (Wildman–Crippen LogP) is 1.72. The highest BCUT2D eigenvalue weighted by Gasteiger charge is 2.20. The molecule has 0 saturated carbocycles. The monoisotopic (exact) mass is 303 g/mol. The first kappa shape index (κ1) is 14.8. The predicted molar refractivity (Wildman–Crippen MR) is 82.7 cm³/mol. The number of fused-ring (bicyclic) bond motifs is 1. The molecule has 0 bridgehead atoms. The number of carbonyl (C=O) groups is 2. The Kier molecular flexibility index (Phi) is 4.29. The SMILES string of the molecule is CC(NC(=O)NCC1CCCO1)c1ccc2c(c1)CC(=O)N2. The van der Waals surface area contributed by atoms with Gasteiger partial charge in [0.1, 0.15) is 0 Å². The summed E-state index contributed by atoms with van der Waals surface area (Å²) in [5.41, 5.74) is 2.84. The molecule has 118 valence electrons. The lowest BCUT2D eigenvalue weighted by Crippen LogP contribution is -2.40. The fraction of sp³-hybridized carbons (Fsp3) is 0.500. The Morgan fingerprint density at radius 2 is 2.36 bits per heavy atom. The molecule has 6 nitrogen and oxygen atoms in total. The van der Waals surface area contributed by atoms with Crippen LogP contribution in [0.4, 0.5) is 10.5 Å². The summed E-state index contributed by atoms with van der Waals surface area (Å²) in [7, 11) is 0. The zero-order valence-corrected chi connectivity index (χ0v) is 12.6. The van der Waals surface area contributed by atoms with E-state index in [9.17, 15) is 9.59 Å². The summed E-state index contributed by atoms with van der Waals surface area (Å²) < 4.78 is 5.47. The van der Waals surface area contributed by atoms with Crippen LogP contribution in [0.1, 0.15) is 36.9 Å². The average molecular weight is 303 g/mol. The van der Waals surface area contributed by atoms with Crippen LogP contribution in [0.2, 0.25) is 0 Å². The Morgan fingerprint density at radius 1 is 1.50 bits per heavy atom. The fourth-order valence-electron chi connectivity index (χ4n) is 2.86. The van der Waals surface area contributed by atoms with Crippen LogP contribution in [-0.4, -0.2) is 31.2 Å². The van der Waals surface area contributed by atoms with Gasteiger partial charge in [0.15, 0.2) is 0 Å². The molecule has 22 heavy (non-hydrogen) atoms. The maximum Gasteiger partial charge on any atom is 0.315 e. The number of benzene rings is 1. The second-order valence-electron chi connectivity index (χ2n) is 5.85. The lowest BCUT2D eigenvalue weighted by Gasteiger charge is -2.17. The molecule has 0 spiro atoms. The van der Waals surface area contributed by atoms with Crippen molar-refractivity contribution in [3.8, 4) is 0 Å². The standard InChI is InChI=1S/C16H21N3O3/c1-10(18-16(21)17-9-13-3-2-6-22-13)11-4-5-14-12(7-11)8-15(20)19-14/h4-5,7,10,13H,2-3,6,8-9H2,1H3,(H,19,20)(H2,17,18,21). The minimum absolute atomic E-state index is 0.0158. The minimum Gasteiger partial charge on any atom is -0.376 e. The van der Waals surface area contributed by atoms with Crippen molar-refractivity contribution in [3.05, 3.63) is 29.3 Å². The zero-order valence-electron chi connectivity index (χ0n) is 12.6. The molecule has 2 heterocycles. The molecular weight excluding hydrogens is 282 g/mol. The molecule has 0 aromatic heterocycles. The van der Waals surface area contributed by atoms with Crippen LogP contribution < -0.4 is 16.0 Å². The summed E-state index contributed by atoms with van der Waals surface area (Å²) in [5.74, 6) is 0.0158. The molecule has 3 amide bonds. The van der Waals surface area contributed by atoms with Crippen LogP contribution in [0.5, 0.6) is 0 Å². The van der Waals surface area contributed by atoms with E-state index in [2.05, 4.69) is 16.0 Å². The van der Waals surface area contributed by atoms with E-state index in [4.69, 9.17) is 4.74 Å². The third kappa shape index (κ3) is 3.39. The first-order valence-corrected chi connectivity index (χ1v) is 7.70. The van der Waals surface area contributed by atoms with Crippen LogP contribution in [0.15, 0.2) is 18.2 Å². The molecule has 1 aromatic carbocycles. The topological polar surface area (TPSA) is 79.5 Å². The van der Waals surface area contributed by atoms with Gasteiger partial charge in [-0.3, -0.25) is 4.79 Å². The van der Waals surface area contributed by atoms with Crippen molar-refractivity contribution in [1.29, 1.82) is 0 Å². The molecule has 1 fully saturated rings. The summed E-state index contributed by atoms with van der Waals surface area (Å²) in [6.07, 6.45) is 2.60. The van der Waals surface area contributed by atoms with Crippen LogP contribution in [-0.2, 0) is 16.0 Å². The smallest absolute Gasteiger partial charge is 0.315 e. The second kappa shape index (κ2) is 6.36. The molecule has 3 rings (SSSR count). The van der Waals surface area contributed by atoms with E-state index >= 15 is 0 Å². The van der Waals surface area contributed by atoms with Crippen LogP contribution in [0.25, 0.3) is 0 Å². The number of amides is 3. The molecule has 1 aromatic rings. The highest BCUT2D eigenvalue weighted by atomic mass is 16.5. The van der Waals surface area contributed by atoms with Crippen molar-refractivity contribution in [2.75, 3.05) is 18.5 Å². The largest absolute Gasteiger partial charge is 0.376 e. The van der Waals surface area contributed by atoms with E-state index in [1.807, 2.05) is 25.1 Å². The van der Waals surface area contributed by atoms with Gasteiger partial charge < -0.3 is 20.7 Å². The van der Waals surface area contributed by atoms with E-state index in [0.717, 1.165) is 36.3 Å². The molecule has 0 radical (unpaired) electrons. The number of ether oxygens (including phenoxy) is 1. The van der Waals surface area contributed by atoms with Crippen LogP contribution in [0.3, 0.4) is 0 Å². The van der Waals surface area contributed by atoms with Crippen LogP contribution in [0, 0.1) is 0 Å². The number of urea groups is 1. The summed E-state index contributed by atoms with van der Waals surface area (Å²) in [6, 6.07) is 5.47. The molecule has 6 heteroatoms. The van der Waals surface area contributed by atoms with Gasteiger partial charge in [0.2, 0.25) is 5.91 Å². The fourth-order valence-corrected chi connectivity index (χ4v) is 2.86. The Balaban J connectivity index is 1.53. The van der Waals surface area contributed by atoms with Gasteiger partial charge in [-0.05, 0) is 37.0 Å². The van der Waals surface area contributed by atoms with E-state index in [1.165, 1.54) is 0 Å². The highest BCUT2D eigenvalue weighted by Crippen LogP contribution is 2.26. The maximum absolute atomic E-state index is 11.9. The molecule has 2 aliphatic rings. The van der Waals surface area contributed by atoms with Gasteiger partial charge >= 0.3 is 6.03 Å². The minimum atomic E-state index is -0.197. The molecule has 1 saturated heterocycles. The van der Waals surface area contributed by atoms with Crippen molar-refractivity contribution < 1.29 is 14.3 Å². The van der Waals surface area contributed by atoms with Gasteiger partial charge in [0.05, 0.1) is 18.6 Å². The van der Waals surface area contributed by atoms with Crippen molar-refractivity contribution in [2.24, 2.45) is 0 Å². The van der Waals surface area contributed by atoms with E-state index < -0.39 is 0 Å². The van der Waals surface area contributed by atoms with Gasteiger partial charge in [-0.1, -0.05) is 12.1 Å². The Labute approximate surface area is 129 Å². The number of anilines is 1. The summed E-state index contributed by atoms with van der Waals surface area (Å²) >= 11 is 0. The van der Waals surface area contributed by atoms with Gasteiger partial charge in [-0.25, -0.2) is 4.79 Å². The number of nitrogens with one attached hydrogen (secondary N) is 3. The van der Waals surface area contributed by atoms with Crippen molar-refractivity contribution in [1.82, 2.24) is 10.6 Å². The number of carbonyl (C=O) groups excluding carboxylic acids is 2. The normalized spacial score (nSPS) is 21.1. The summed E-state index contributed by atoms with van der Waals surface area (Å²) in [6.45, 7) is 3.25. The zero-order chi connectivity index (χ0) is 15.5. The molecular formula is C16H21N3O3. The van der Waals surface area contributed by atoms with E-state index in [-0.39, 0.29) is 24.1 Å². The third-order valence-corrected chi connectivity index (χ3v) is 4.12. The second-order valence-corrected chi connectivity index (χ2v) is 5.85. The number of rotatable bonds is 4. The van der Waals surface area contributed by atoms with Crippen LogP contribution >= 0.6 is 0 Å². The summed E-state index contributed by atoms with van der Waals surface area (Å²) in [4.78, 5) is 23.3. The first-order chi connectivity index (χ1) is 10.6. The quantitative estimate of drug-likeness (QED) is 0.792. The third-order valence-electron chi connectivity index (χ3n) is 4.12. The molecule has 0 aliphatic carbocycles. The average Bonchev–Trinajstić information content (AvgIpc) is 3.12. The van der Waals surface area contributed by atoms with Crippen molar-refractivity contribution in [3.63, 3.8) is 0 Å².